The minimum atomic E-state index is -0.417. The van der Waals surface area contributed by atoms with Crippen molar-refractivity contribution in [2.24, 2.45) is 0 Å². The molecular formula is C10H25O5+. The molecule has 0 rings (SSSR count). The summed E-state index contributed by atoms with van der Waals surface area (Å²) in [5, 5.41) is 15.2. The number of methoxy groups -OCH3 is 2. The van der Waals surface area contributed by atoms with Gasteiger partial charge in [-0.05, 0) is 27.7 Å². The fourth-order valence-corrected chi connectivity index (χ4v) is 0.0833. The van der Waals surface area contributed by atoms with Crippen molar-refractivity contribution in [3.05, 3.63) is 0 Å². The van der Waals surface area contributed by atoms with Gasteiger partial charge in [0.2, 0.25) is 0 Å². The summed E-state index contributed by atoms with van der Waals surface area (Å²) in [6.07, 6.45) is 0. The van der Waals surface area contributed by atoms with E-state index in [2.05, 4.69) is 0 Å². The van der Waals surface area contributed by atoms with Gasteiger partial charge in [0.25, 0.3) is 0 Å². The lowest BCUT2D eigenvalue weighted by molar-refractivity contribution is -0.178. The second kappa shape index (κ2) is 13.5. The Kier molecular flexibility index (Phi) is 18.0. The van der Waals surface area contributed by atoms with Crippen molar-refractivity contribution in [3.8, 4) is 0 Å². The number of Topliss-reactive ketones (excluding diaryl/α,β-unsaturated/α-hetero) is 1. The maximum atomic E-state index is 9.44. The molecular weight excluding hydrogens is 200 g/mol. The summed E-state index contributed by atoms with van der Waals surface area (Å²) in [5.41, 5.74) is 0. The summed E-state index contributed by atoms with van der Waals surface area (Å²) < 4.78 is 9.73. The molecule has 0 saturated heterocycles. The van der Waals surface area contributed by atoms with E-state index in [1.807, 2.05) is 13.8 Å². The van der Waals surface area contributed by atoms with E-state index in [1.54, 1.807) is 14.2 Å². The van der Waals surface area contributed by atoms with Crippen molar-refractivity contribution in [1.29, 1.82) is 0 Å². The summed E-state index contributed by atoms with van der Waals surface area (Å²) in [7, 11) is 3.23. The van der Waals surface area contributed by atoms with Crippen molar-refractivity contribution >= 4 is 5.78 Å². The molecule has 5 heteroatoms. The van der Waals surface area contributed by atoms with Crippen LogP contribution in [0, 0.1) is 0 Å². The van der Waals surface area contributed by atoms with Crippen LogP contribution in [-0.4, -0.2) is 49.2 Å². The monoisotopic (exact) mass is 225 g/mol. The van der Waals surface area contributed by atoms with E-state index in [1.165, 1.54) is 13.8 Å². The normalized spacial score (nSPS) is 9.33. The molecule has 0 atom stereocenters. The van der Waals surface area contributed by atoms with E-state index < -0.39 is 5.79 Å². The fourth-order valence-electron chi connectivity index (χ4n) is 0.0833. The van der Waals surface area contributed by atoms with Gasteiger partial charge in [0, 0.05) is 14.2 Å². The molecule has 0 heterocycles. The summed E-state index contributed by atoms with van der Waals surface area (Å²) in [5.74, 6) is -0.250. The van der Waals surface area contributed by atoms with Gasteiger partial charge in [-0.2, -0.15) is 0 Å². The Labute approximate surface area is 93.5 Å². The number of ether oxygens (including phenoxy) is 2. The number of rotatable bonds is 3. The lowest BCUT2D eigenvalue weighted by Gasteiger charge is -2.19. The smallest absolute Gasteiger partial charge is 0.394 e. The number of hydrogen-bond acceptors (Lipinski definition) is 5. The van der Waals surface area contributed by atoms with Crippen LogP contribution in [0.25, 0.3) is 0 Å². The average Bonchev–Trinajstić information content (AvgIpc) is 2.17. The molecule has 94 valence electrons. The summed E-state index contributed by atoms with van der Waals surface area (Å²) in [4.78, 5) is 9.44. The number of carbonyl (C=O) groups is 1. The van der Waals surface area contributed by atoms with Crippen LogP contribution in [-0.2, 0) is 14.3 Å². The van der Waals surface area contributed by atoms with Gasteiger partial charge in [-0.25, -0.2) is 0 Å². The molecule has 0 aromatic carbocycles. The quantitative estimate of drug-likeness (QED) is 0.691. The first-order chi connectivity index (χ1) is 6.77. The van der Waals surface area contributed by atoms with Crippen molar-refractivity contribution < 1.29 is 25.9 Å². The maximum Gasteiger partial charge on any atom is 1.00 e. The fraction of sp³-hybridized carbons (Fsp3) is 0.900. The van der Waals surface area contributed by atoms with Gasteiger partial charge in [-0.3, -0.25) is 0 Å². The molecule has 2 N–H and O–H groups in total. The van der Waals surface area contributed by atoms with Crippen LogP contribution in [0.1, 0.15) is 29.1 Å². The van der Waals surface area contributed by atoms with Crippen LogP contribution >= 0.6 is 0 Å². The Bertz CT molecular complexity index is 127. The molecule has 15 heavy (non-hydrogen) atoms. The molecule has 0 aromatic heterocycles. The standard InChI is InChI=1S/C5H12O2.C3H6O.C2H6O2/c1-5(2,6-3)7-4;1-3(2)4;3-1-2-4/h1-4H3;1-2H3;3-4H,1-2H2/p+1. The first-order valence-electron chi connectivity index (χ1n) is 4.56. The summed E-state index contributed by atoms with van der Waals surface area (Å²) in [6.45, 7) is 6.51. The second-order valence-electron chi connectivity index (χ2n) is 3.16. The molecule has 0 spiro atoms. The van der Waals surface area contributed by atoms with Crippen LogP contribution in [0.4, 0.5) is 0 Å². The van der Waals surface area contributed by atoms with Gasteiger partial charge in [-0.15, -0.1) is 0 Å². The van der Waals surface area contributed by atoms with Gasteiger partial charge in [-0.1, -0.05) is 0 Å². The van der Waals surface area contributed by atoms with Crippen LogP contribution in [0.2, 0.25) is 0 Å². The zero-order valence-corrected chi connectivity index (χ0v) is 10.5. The van der Waals surface area contributed by atoms with E-state index in [-0.39, 0.29) is 20.4 Å². The molecule has 0 fully saturated rings. The largest absolute Gasteiger partial charge is 1.00 e. The molecule has 5 nitrogen and oxygen atoms in total. The molecule has 0 bridgehead atoms. The van der Waals surface area contributed by atoms with E-state index in [0.29, 0.717) is 0 Å². The zero-order valence-electron chi connectivity index (χ0n) is 11.5. The van der Waals surface area contributed by atoms with E-state index in [0.717, 1.165) is 0 Å². The second-order valence-corrected chi connectivity index (χ2v) is 3.16. The van der Waals surface area contributed by atoms with Crippen LogP contribution in [0.3, 0.4) is 0 Å². The predicted octanol–water partition coefficient (Wildman–Crippen LogP) is 0.694. The Morgan fingerprint density at radius 2 is 1.33 bits per heavy atom. The highest BCUT2D eigenvalue weighted by Gasteiger charge is 2.11. The Morgan fingerprint density at radius 3 is 1.33 bits per heavy atom. The third kappa shape index (κ3) is 42.2. The highest BCUT2D eigenvalue weighted by molar-refractivity contribution is 5.72. The number of hydrogen-bond donors (Lipinski definition) is 2. The third-order valence-electron chi connectivity index (χ3n) is 1.08. The van der Waals surface area contributed by atoms with E-state index in [4.69, 9.17) is 19.7 Å². The summed E-state index contributed by atoms with van der Waals surface area (Å²) in [6, 6.07) is 0. The predicted molar refractivity (Wildman–Crippen MR) is 59.7 cm³/mol. The topological polar surface area (TPSA) is 76.0 Å². The molecule has 0 saturated carbocycles. The first-order valence-corrected chi connectivity index (χ1v) is 4.56. The van der Waals surface area contributed by atoms with Gasteiger partial charge in [0.15, 0.2) is 5.79 Å². The first kappa shape index (κ1) is 20.0. The van der Waals surface area contributed by atoms with Gasteiger partial charge < -0.3 is 24.5 Å². The molecule has 0 aliphatic rings. The number of aliphatic hydroxyl groups excluding tert-OH is 2. The van der Waals surface area contributed by atoms with Crippen molar-refractivity contribution in [2.45, 2.75) is 33.5 Å². The maximum absolute atomic E-state index is 9.44. The van der Waals surface area contributed by atoms with Crippen molar-refractivity contribution in [3.63, 3.8) is 0 Å². The van der Waals surface area contributed by atoms with Crippen molar-refractivity contribution in [1.82, 2.24) is 0 Å². The highest BCUT2D eigenvalue weighted by Crippen LogP contribution is 2.05. The molecule has 0 amide bonds. The average molecular weight is 225 g/mol. The number of ketones is 1. The Morgan fingerprint density at radius 1 is 1.13 bits per heavy atom. The molecule has 0 radical (unpaired) electrons. The third-order valence-corrected chi connectivity index (χ3v) is 1.08. The molecule has 0 aromatic rings. The lowest BCUT2D eigenvalue weighted by Crippen LogP contribution is -2.24. The molecule has 0 unspecified atom stereocenters. The lowest BCUT2D eigenvalue weighted by atomic mass is 10.4. The SMILES string of the molecule is CC(C)=O.COC(C)(C)OC.OCCO.[H+]. The van der Waals surface area contributed by atoms with E-state index >= 15 is 0 Å². The number of carbonyl (C=O) groups excluding carboxylic acids is 1. The van der Waals surface area contributed by atoms with Crippen LogP contribution in [0.5, 0.6) is 0 Å². The Balaban J connectivity index is -0.0000000700. The summed E-state index contributed by atoms with van der Waals surface area (Å²) >= 11 is 0. The van der Waals surface area contributed by atoms with Crippen LogP contribution in [0.15, 0.2) is 0 Å². The minimum Gasteiger partial charge on any atom is -0.394 e. The van der Waals surface area contributed by atoms with Crippen molar-refractivity contribution in [2.75, 3.05) is 27.4 Å². The Hall–Kier alpha value is -0.490. The molecule has 0 aliphatic heterocycles. The van der Waals surface area contributed by atoms with Gasteiger partial charge >= 0.3 is 1.43 Å². The highest BCUT2D eigenvalue weighted by atomic mass is 16.7. The van der Waals surface area contributed by atoms with E-state index in [9.17, 15) is 4.79 Å². The molecule has 0 aliphatic carbocycles. The van der Waals surface area contributed by atoms with Gasteiger partial charge in [0.1, 0.15) is 5.78 Å². The van der Waals surface area contributed by atoms with Gasteiger partial charge in [0.05, 0.1) is 13.2 Å². The minimum absolute atomic E-state index is 0. The zero-order chi connectivity index (χ0) is 12.9. The number of aliphatic hydroxyl groups is 2. The van der Waals surface area contributed by atoms with Crippen LogP contribution < -0.4 is 0 Å².